The van der Waals surface area contributed by atoms with Crippen molar-refractivity contribution in [2.45, 2.75) is 9.84 Å². The Bertz CT molecular complexity index is 327. The molecule has 1 aliphatic carbocycles. The molecule has 2 nitrogen and oxygen atoms in total. The number of aliphatic hydroxyl groups excluding tert-OH is 1. The number of ether oxygens (including phenoxy) is 1. The predicted octanol–water partition coefficient (Wildman–Crippen LogP) is 2.20. The van der Waals surface area contributed by atoms with Crippen molar-refractivity contribution in [2.24, 2.45) is 5.92 Å². The van der Waals surface area contributed by atoms with Gasteiger partial charge < -0.3 is 9.84 Å². The summed E-state index contributed by atoms with van der Waals surface area (Å²) >= 11 is 2.41. The minimum absolute atomic E-state index is 0.287. The van der Waals surface area contributed by atoms with Gasteiger partial charge >= 0.3 is 0 Å². The van der Waals surface area contributed by atoms with Gasteiger partial charge in [-0.1, -0.05) is 34.7 Å². The molecule has 1 aromatic rings. The summed E-state index contributed by atoms with van der Waals surface area (Å²) in [5.41, 5.74) is 1.28. The number of alkyl halides is 1. The number of rotatable bonds is 3. The van der Waals surface area contributed by atoms with Crippen LogP contribution in [-0.4, -0.2) is 22.7 Å². The maximum absolute atomic E-state index is 9.10. The third-order valence-corrected chi connectivity index (χ3v) is 4.46. The average Bonchev–Trinajstić information content (AvgIpc) is 2.89. The first-order valence-electron chi connectivity index (χ1n) is 4.67. The van der Waals surface area contributed by atoms with Crippen LogP contribution in [0.25, 0.3) is 0 Å². The maximum atomic E-state index is 9.10. The van der Waals surface area contributed by atoms with Crippen LogP contribution in [0.2, 0.25) is 0 Å². The molecule has 0 saturated heterocycles. The molecule has 0 radical (unpaired) electrons. The van der Waals surface area contributed by atoms with E-state index in [1.54, 1.807) is 7.11 Å². The molecule has 0 amide bonds. The second-order valence-corrected chi connectivity index (χ2v) is 5.03. The molecule has 1 saturated carbocycles. The Morgan fingerprint density at radius 1 is 1.50 bits per heavy atom. The highest BCUT2D eigenvalue weighted by atomic mass is 127. The van der Waals surface area contributed by atoms with Gasteiger partial charge in [0, 0.05) is 22.4 Å². The van der Waals surface area contributed by atoms with Gasteiger partial charge in [-0.05, 0) is 17.7 Å². The number of halogens is 1. The molecule has 76 valence electrons. The molecule has 3 atom stereocenters. The van der Waals surface area contributed by atoms with Crippen molar-refractivity contribution in [2.75, 3.05) is 13.7 Å². The Balaban J connectivity index is 2.17. The van der Waals surface area contributed by atoms with E-state index in [0.717, 1.165) is 5.75 Å². The van der Waals surface area contributed by atoms with Crippen molar-refractivity contribution in [3.8, 4) is 5.75 Å². The third kappa shape index (κ3) is 1.75. The molecule has 14 heavy (non-hydrogen) atoms. The maximum Gasteiger partial charge on any atom is 0.119 e. The summed E-state index contributed by atoms with van der Waals surface area (Å²) in [6.45, 7) is 0.287. The zero-order valence-corrected chi connectivity index (χ0v) is 10.1. The Morgan fingerprint density at radius 3 is 2.86 bits per heavy atom. The SMILES string of the molecule is COc1cccc([C@H]2[C@@H](I)[C@@H]2CO)c1. The topological polar surface area (TPSA) is 29.5 Å². The van der Waals surface area contributed by atoms with E-state index in [4.69, 9.17) is 9.84 Å². The molecule has 0 spiro atoms. The number of aliphatic hydroxyl groups is 1. The molecule has 3 heteroatoms. The highest BCUT2D eigenvalue weighted by molar-refractivity contribution is 14.1. The molecule has 1 fully saturated rings. The summed E-state index contributed by atoms with van der Waals surface area (Å²) in [4.78, 5) is 0. The molecule has 2 rings (SSSR count). The summed E-state index contributed by atoms with van der Waals surface area (Å²) in [6, 6.07) is 8.12. The molecular formula is C11H13IO2. The highest BCUT2D eigenvalue weighted by Gasteiger charge is 2.48. The zero-order valence-electron chi connectivity index (χ0n) is 7.98. The fourth-order valence-corrected chi connectivity index (χ4v) is 3.21. The first-order valence-corrected chi connectivity index (χ1v) is 5.91. The third-order valence-electron chi connectivity index (χ3n) is 2.76. The molecule has 1 aromatic carbocycles. The van der Waals surface area contributed by atoms with E-state index in [2.05, 4.69) is 34.7 Å². The molecule has 1 N–H and O–H groups in total. The smallest absolute Gasteiger partial charge is 0.119 e. The van der Waals surface area contributed by atoms with Crippen molar-refractivity contribution in [1.29, 1.82) is 0 Å². The molecule has 0 unspecified atom stereocenters. The van der Waals surface area contributed by atoms with Gasteiger partial charge in [-0.3, -0.25) is 0 Å². The van der Waals surface area contributed by atoms with Crippen LogP contribution in [0.4, 0.5) is 0 Å². The Kier molecular flexibility index (Phi) is 2.97. The van der Waals surface area contributed by atoms with E-state index in [1.807, 2.05) is 12.1 Å². The number of hydrogen-bond acceptors (Lipinski definition) is 2. The van der Waals surface area contributed by atoms with Gasteiger partial charge in [-0.15, -0.1) is 0 Å². The van der Waals surface area contributed by atoms with Crippen molar-refractivity contribution in [1.82, 2.24) is 0 Å². The summed E-state index contributed by atoms with van der Waals surface area (Å²) in [7, 11) is 1.68. The fourth-order valence-electron chi connectivity index (χ4n) is 1.83. The lowest BCUT2D eigenvalue weighted by atomic mass is 10.1. The summed E-state index contributed by atoms with van der Waals surface area (Å²) in [5.74, 6) is 1.84. The van der Waals surface area contributed by atoms with E-state index in [9.17, 15) is 0 Å². The van der Waals surface area contributed by atoms with E-state index in [-0.39, 0.29) is 6.61 Å². The lowest BCUT2D eigenvalue weighted by molar-refractivity contribution is 0.275. The molecule has 1 aliphatic rings. The number of methoxy groups -OCH3 is 1. The lowest BCUT2D eigenvalue weighted by Gasteiger charge is -2.02. The lowest BCUT2D eigenvalue weighted by Crippen LogP contribution is -1.89. The Labute approximate surface area is 97.4 Å². The minimum Gasteiger partial charge on any atom is -0.497 e. The Hall–Kier alpha value is -0.290. The molecule has 0 bridgehead atoms. The average molecular weight is 304 g/mol. The van der Waals surface area contributed by atoms with Crippen molar-refractivity contribution >= 4 is 22.6 Å². The van der Waals surface area contributed by atoms with Crippen LogP contribution in [0, 0.1) is 5.92 Å². The minimum atomic E-state index is 0.287. The first kappa shape index (κ1) is 10.2. The second-order valence-electron chi connectivity index (χ2n) is 3.59. The predicted molar refractivity (Wildman–Crippen MR) is 64.1 cm³/mol. The molecular weight excluding hydrogens is 291 g/mol. The molecule has 0 heterocycles. The van der Waals surface area contributed by atoms with Crippen LogP contribution >= 0.6 is 22.6 Å². The number of benzene rings is 1. The van der Waals surface area contributed by atoms with Crippen molar-refractivity contribution < 1.29 is 9.84 Å². The fraction of sp³-hybridized carbons (Fsp3) is 0.455. The van der Waals surface area contributed by atoms with Crippen LogP contribution < -0.4 is 4.74 Å². The van der Waals surface area contributed by atoms with E-state index in [0.29, 0.717) is 15.8 Å². The van der Waals surface area contributed by atoms with Gasteiger partial charge in [-0.25, -0.2) is 0 Å². The summed E-state index contributed by atoms with van der Waals surface area (Å²) in [6.07, 6.45) is 0. The van der Waals surface area contributed by atoms with Gasteiger partial charge in [0.2, 0.25) is 0 Å². The normalized spacial score (nSPS) is 30.1. The summed E-state index contributed by atoms with van der Waals surface area (Å²) in [5, 5.41) is 9.10. The zero-order chi connectivity index (χ0) is 10.1. The standard InChI is InChI=1S/C11H13IO2/c1-14-8-4-2-3-7(5-8)10-9(6-13)11(10)12/h2-5,9-11,13H,6H2,1H3/t9-,10-,11+/m1/s1. The van der Waals surface area contributed by atoms with Crippen LogP contribution in [0.5, 0.6) is 5.75 Å². The largest absolute Gasteiger partial charge is 0.497 e. The van der Waals surface area contributed by atoms with Crippen molar-refractivity contribution in [3.05, 3.63) is 29.8 Å². The highest BCUT2D eigenvalue weighted by Crippen LogP contribution is 2.53. The molecule has 0 aliphatic heterocycles. The Morgan fingerprint density at radius 2 is 2.29 bits per heavy atom. The van der Waals surface area contributed by atoms with E-state index in [1.165, 1.54) is 5.56 Å². The van der Waals surface area contributed by atoms with Gasteiger partial charge in [0.05, 0.1) is 7.11 Å². The molecule has 0 aromatic heterocycles. The second kappa shape index (κ2) is 4.06. The van der Waals surface area contributed by atoms with Crippen molar-refractivity contribution in [3.63, 3.8) is 0 Å². The van der Waals surface area contributed by atoms with Gasteiger partial charge in [0.25, 0.3) is 0 Å². The van der Waals surface area contributed by atoms with Crippen LogP contribution in [0.3, 0.4) is 0 Å². The van der Waals surface area contributed by atoms with E-state index >= 15 is 0 Å². The van der Waals surface area contributed by atoms with Crippen LogP contribution in [0.15, 0.2) is 24.3 Å². The van der Waals surface area contributed by atoms with Gasteiger partial charge in [0.15, 0.2) is 0 Å². The van der Waals surface area contributed by atoms with Crippen LogP contribution in [0.1, 0.15) is 11.5 Å². The van der Waals surface area contributed by atoms with Gasteiger partial charge in [0.1, 0.15) is 5.75 Å². The quantitative estimate of drug-likeness (QED) is 0.685. The monoisotopic (exact) mass is 304 g/mol. The van der Waals surface area contributed by atoms with Gasteiger partial charge in [-0.2, -0.15) is 0 Å². The summed E-state index contributed by atoms with van der Waals surface area (Å²) < 4.78 is 5.75. The van der Waals surface area contributed by atoms with Crippen LogP contribution in [-0.2, 0) is 0 Å². The number of hydrogen-bond donors (Lipinski definition) is 1. The first-order chi connectivity index (χ1) is 6.77. The van der Waals surface area contributed by atoms with E-state index < -0.39 is 0 Å².